The van der Waals surface area contributed by atoms with Gasteiger partial charge in [0.25, 0.3) is 0 Å². The summed E-state index contributed by atoms with van der Waals surface area (Å²) in [5, 5.41) is 17.2. The van der Waals surface area contributed by atoms with Crippen LogP contribution in [0.2, 0.25) is 0 Å². The van der Waals surface area contributed by atoms with Crippen LogP contribution in [0.3, 0.4) is 0 Å². The fourth-order valence-corrected chi connectivity index (χ4v) is 4.56. The number of hydrogen-bond donors (Lipinski definition) is 2. The third-order valence-electron chi connectivity index (χ3n) is 6.14. The van der Waals surface area contributed by atoms with Crippen LogP contribution in [-0.4, -0.2) is 88.6 Å². The highest BCUT2D eigenvalue weighted by Gasteiger charge is 2.54. The first-order valence-corrected chi connectivity index (χ1v) is 10.0. The lowest BCUT2D eigenvalue weighted by molar-refractivity contribution is -0.192. The maximum absolute atomic E-state index is 12.2. The summed E-state index contributed by atoms with van der Waals surface area (Å²) in [5.41, 5.74) is -0.687. The zero-order chi connectivity index (χ0) is 22.6. The number of nitrogens with zero attached hydrogens (tertiary/aromatic N) is 4. The summed E-state index contributed by atoms with van der Waals surface area (Å²) in [4.78, 5) is 34.2. The minimum Gasteiger partial charge on any atom is -0.481 e. The Bertz CT molecular complexity index is 776. The van der Waals surface area contributed by atoms with Gasteiger partial charge in [0.2, 0.25) is 5.95 Å². The van der Waals surface area contributed by atoms with Crippen LogP contribution < -0.4 is 4.90 Å². The van der Waals surface area contributed by atoms with Crippen molar-refractivity contribution in [2.45, 2.75) is 31.5 Å². The largest absolute Gasteiger partial charge is 0.490 e. The van der Waals surface area contributed by atoms with Gasteiger partial charge in [-0.3, -0.25) is 9.69 Å². The van der Waals surface area contributed by atoms with Crippen LogP contribution in [0.5, 0.6) is 0 Å². The van der Waals surface area contributed by atoms with Crippen LogP contribution >= 0.6 is 0 Å². The number of carboxylic acids is 2. The van der Waals surface area contributed by atoms with E-state index in [0.717, 1.165) is 45.6 Å². The van der Waals surface area contributed by atoms with E-state index >= 15 is 0 Å². The van der Waals surface area contributed by atoms with Gasteiger partial charge in [0, 0.05) is 50.6 Å². The Kier molecular flexibility index (Phi) is 6.99. The zero-order valence-corrected chi connectivity index (χ0v) is 16.8. The highest BCUT2D eigenvalue weighted by molar-refractivity contribution is 5.77. The van der Waals surface area contributed by atoms with Gasteiger partial charge in [0.1, 0.15) is 0 Å². The molecule has 1 aromatic rings. The molecule has 12 heteroatoms. The van der Waals surface area contributed by atoms with Crippen molar-refractivity contribution in [3.05, 3.63) is 18.5 Å². The lowest BCUT2D eigenvalue weighted by Gasteiger charge is -2.31. The number of ether oxygens (including phenoxy) is 1. The molecule has 4 rings (SSSR count). The van der Waals surface area contributed by atoms with E-state index in [-0.39, 0.29) is 5.92 Å². The number of fused-ring (bicyclic) bond motifs is 1. The van der Waals surface area contributed by atoms with Gasteiger partial charge in [-0.05, 0) is 31.9 Å². The summed E-state index contributed by atoms with van der Waals surface area (Å²) in [7, 11) is 0. The number of halogens is 3. The van der Waals surface area contributed by atoms with E-state index < -0.39 is 23.5 Å². The Morgan fingerprint density at radius 2 is 1.87 bits per heavy atom. The molecule has 0 amide bonds. The highest BCUT2D eigenvalue weighted by atomic mass is 19.4. The molecule has 1 unspecified atom stereocenters. The summed E-state index contributed by atoms with van der Waals surface area (Å²) in [6.45, 7) is 4.61. The third-order valence-corrected chi connectivity index (χ3v) is 6.14. The average Bonchev–Trinajstić information content (AvgIpc) is 3.34. The Morgan fingerprint density at radius 1 is 1.19 bits per heavy atom. The lowest BCUT2D eigenvalue weighted by atomic mass is 9.75. The van der Waals surface area contributed by atoms with Gasteiger partial charge < -0.3 is 19.8 Å². The molecule has 0 spiro atoms. The molecule has 9 nitrogen and oxygen atoms in total. The molecule has 0 bridgehead atoms. The number of rotatable bonds is 3. The second-order valence-corrected chi connectivity index (χ2v) is 8.01. The first kappa shape index (κ1) is 23.2. The second-order valence-electron chi connectivity index (χ2n) is 8.01. The number of hydrogen-bond acceptors (Lipinski definition) is 7. The van der Waals surface area contributed by atoms with Crippen molar-refractivity contribution in [1.82, 2.24) is 14.9 Å². The van der Waals surface area contributed by atoms with Crippen LogP contribution in [0, 0.1) is 11.3 Å². The van der Waals surface area contributed by atoms with Crippen molar-refractivity contribution < 1.29 is 37.7 Å². The second kappa shape index (κ2) is 9.35. The van der Waals surface area contributed by atoms with Gasteiger partial charge in [-0.15, -0.1) is 0 Å². The molecular weight excluding hydrogens is 421 g/mol. The lowest BCUT2D eigenvalue weighted by Crippen LogP contribution is -2.44. The van der Waals surface area contributed by atoms with E-state index in [0.29, 0.717) is 25.1 Å². The Labute approximate surface area is 176 Å². The monoisotopic (exact) mass is 446 g/mol. The Morgan fingerprint density at radius 3 is 2.42 bits per heavy atom. The van der Waals surface area contributed by atoms with Crippen molar-refractivity contribution in [3.8, 4) is 0 Å². The number of carbonyl (C=O) groups is 2. The summed E-state index contributed by atoms with van der Waals surface area (Å²) in [5.74, 6) is -2.69. The van der Waals surface area contributed by atoms with E-state index in [1.54, 1.807) is 18.5 Å². The molecule has 3 aliphatic rings. The van der Waals surface area contributed by atoms with E-state index in [4.69, 9.17) is 14.6 Å². The molecule has 3 aliphatic heterocycles. The van der Waals surface area contributed by atoms with E-state index in [9.17, 15) is 23.1 Å². The van der Waals surface area contributed by atoms with Crippen LogP contribution in [0.4, 0.5) is 19.1 Å². The third kappa shape index (κ3) is 5.24. The first-order valence-electron chi connectivity index (χ1n) is 10.0. The summed E-state index contributed by atoms with van der Waals surface area (Å²) < 4.78 is 37.3. The number of aromatic nitrogens is 2. The minimum absolute atomic E-state index is 0.0990. The molecule has 172 valence electrons. The van der Waals surface area contributed by atoms with Crippen LogP contribution in [0.15, 0.2) is 18.5 Å². The topological polar surface area (TPSA) is 116 Å². The van der Waals surface area contributed by atoms with Gasteiger partial charge in [0.15, 0.2) is 0 Å². The van der Waals surface area contributed by atoms with Crippen molar-refractivity contribution >= 4 is 17.9 Å². The molecule has 31 heavy (non-hydrogen) atoms. The maximum atomic E-state index is 12.2. The molecule has 0 aromatic carbocycles. The molecule has 2 N–H and O–H groups in total. The minimum atomic E-state index is -5.08. The number of aliphatic carboxylic acids is 2. The molecular formula is C19H25F3N4O5. The van der Waals surface area contributed by atoms with Gasteiger partial charge in [0.05, 0.1) is 12.0 Å². The fourth-order valence-electron chi connectivity index (χ4n) is 4.56. The summed E-state index contributed by atoms with van der Waals surface area (Å²) in [6.07, 6.45) is 1.04. The molecule has 1 aromatic heterocycles. The molecule has 0 saturated carbocycles. The molecule has 3 atom stereocenters. The molecule has 3 saturated heterocycles. The number of likely N-dealkylation sites (tertiary alicyclic amines) is 1. The van der Waals surface area contributed by atoms with Crippen molar-refractivity contribution in [1.29, 1.82) is 0 Å². The van der Waals surface area contributed by atoms with E-state index in [1.165, 1.54) is 0 Å². The predicted molar refractivity (Wildman–Crippen MR) is 102 cm³/mol. The SMILES string of the molecule is O=C(O)C(F)(F)F.O=C(O)[C@]12CCCN(C3CCOC3)C[C@H]1CN(c1ncccn1)C2. The predicted octanol–water partition coefficient (Wildman–Crippen LogP) is 1.50. The van der Waals surface area contributed by atoms with Gasteiger partial charge in [-0.1, -0.05) is 0 Å². The number of alkyl halides is 3. The standard InChI is InChI=1S/C17H24N4O3.C2HF3O2/c22-15(23)17-4-1-7-20(14-3-8-24-11-14)9-13(17)10-21(12-17)16-18-5-2-6-19-16;3-2(4,5)1(6)7/h2,5-6,13-14H,1,3-4,7-12H2,(H,22,23);(H,6,7)/t13-,14?,17-;/m0./s1. The van der Waals surface area contributed by atoms with Crippen LogP contribution in [0.25, 0.3) is 0 Å². The van der Waals surface area contributed by atoms with Crippen molar-refractivity contribution in [2.75, 3.05) is 44.3 Å². The smallest absolute Gasteiger partial charge is 0.481 e. The average molecular weight is 446 g/mol. The molecule has 3 fully saturated rings. The molecule has 0 radical (unpaired) electrons. The molecule has 0 aliphatic carbocycles. The zero-order valence-electron chi connectivity index (χ0n) is 16.8. The van der Waals surface area contributed by atoms with Crippen LogP contribution in [-0.2, 0) is 14.3 Å². The van der Waals surface area contributed by atoms with E-state index in [1.807, 2.05) is 4.90 Å². The van der Waals surface area contributed by atoms with Crippen LogP contribution in [0.1, 0.15) is 19.3 Å². The van der Waals surface area contributed by atoms with Crippen molar-refractivity contribution in [2.24, 2.45) is 11.3 Å². The Hall–Kier alpha value is -2.47. The Balaban J connectivity index is 0.000000339. The normalized spacial score (nSPS) is 28.9. The quantitative estimate of drug-likeness (QED) is 0.713. The summed E-state index contributed by atoms with van der Waals surface area (Å²) in [6, 6.07) is 2.23. The van der Waals surface area contributed by atoms with Gasteiger partial charge in [-0.25, -0.2) is 14.8 Å². The van der Waals surface area contributed by atoms with Gasteiger partial charge >= 0.3 is 18.1 Å². The maximum Gasteiger partial charge on any atom is 0.490 e. The fraction of sp³-hybridized carbons (Fsp3) is 0.684. The number of anilines is 1. The van der Waals surface area contributed by atoms with Crippen molar-refractivity contribution in [3.63, 3.8) is 0 Å². The molecule has 4 heterocycles. The highest BCUT2D eigenvalue weighted by Crippen LogP contribution is 2.44. The summed E-state index contributed by atoms with van der Waals surface area (Å²) >= 11 is 0. The first-order chi connectivity index (χ1) is 14.6. The number of carboxylic acid groups (broad SMARTS) is 2. The van der Waals surface area contributed by atoms with Gasteiger partial charge in [-0.2, -0.15) is 13.2 Å². The van der Waals surface area contributed by atoms with E-state index in [2.05, 4.69) is 14.9 Å².